The third-order valence-corrected chi connectivity index (χ3v) is 6.06. The summed E-state index contributed by atoms with van der Waals surface area (Å²) in [7, 11) is 0. The Hall–Kier alpha value is -2.34. The number of hydrogen-bond acceptors (Lipinski definition) is 4. The second-order valence-corrected chi connectivity index (χ2v) is 8.28. The van der Waals surface area contributed by atoms with E-state index in [2.05, 4.69) is 33.0 Å². The lowest BCUT2D eigenvalue weighted by Crippen LogP contribution is -2.36. The van der Waals surface area contributed by atoms with Crippen molar-refractivity contribution in [1.82, 2.24) is 14.8 Å². The number of carbonyl (C=O) groups is 1. The predicted octanol–water partition coefficient (Wildman–Crippen LogP) is 4.61. The maximum Gasteiger partial charge on any atom is 0.240 e. The smallest absolute Gasteiger partial charge is 0.240 e. The molecule has 0 radical (unpaired) electrons. The van der Waals surface area contributed by atoms with Gasteiger partial charge in [0, 0.05) is 18.0 Å². The van der Waals surface area contributed by atoms with E-state index in [0.29, 0.717) is 12.6 Å². The zero-order chi connectivity index (χ0) is 19.0. The molecule has 6 heteroatoms. The summed E-state index contributed by atoms with van der Waals surface area (Å²) in [6, 6.07) is 14.8. The number of benzene rings is 2. The predicted molar refractivity (Wildman–Crippen MR) is 110 cm³/mol. The van der Waals surface area contributed by atoms with Crippen molar-refractivity contribution >= 4 is 34.1 Å². The van der Waals surface area contributed by atoms with E-state index in [1.165, 1.54) is 24.6 Å². The van der Waals surface area contributed by atoms with Gasteiger partial charge in [-0.05, 0) is 45.1 Å². The molecule has 1 atom stereocenters. The van der Waals surface area contributed by atoms with Gasteiger partial charge >= 0.3 is 0 Å². The van der Waals surface area contributed by atoms with E-state index < -0.39 is 0 Å². The fourth-order valence-electron chi connectivity index (χ4n) is 3.50. The molecular weight excluding hydrogens is 356 g/mol. The van der Waals surface area contributed by atoms with Crippen LogP contribution in [0.3, 0.4) is 0 Å². The zero-order valence-electron chi connectivity index (χ0n) is 15.9. The first kappa shape index (κ1) is 18.0. The second-order valence-electron chi connectivity index (χ2n) is 6.97. The molecule has 0 aliphatic heterocycles. The van der Waals surface area contributed by atoms with Gasteiger partial charge in [-0.1, -0.05) is 48.2 Å². The summed E-state index contributed by atoms with van der Waals surface area (Å²) in [4.78, 5) is 15.2. The molecule has 1 saturated carbocycles. The summed E-state index contributed by atoms with van der Waals surface area (Å²) in [5, 5.41) is 11.4. The summed E-state index contributed by atoms with van der Waals surface area (Å²) < 4.78 is 2.18. The van der Waals surface area contributed by atoms with Gasteiger partial charge in [0.1, 0.15) is 5.82 Å². The van der Waals surface area contributed by atoms with E-state index >= 15 is 0 Å². The Morgan fingerprint density at radius 1 is 1.22 bits per heavy atom. The van der Waals surface area contributed by atoms with Crippen molar-refractivity contribution in [3.05, 3.63) is 48.3 Å². The Labute approximate surface area is 163 Å². The van der Waals surface area contributed by atoms with E-state index in [4.69, 9.17) is 0 Å². The number of amides is 1. The maximum atomic E-state index is 13.3. The highest BCUT2D eigenvalue weighted by molar-refractivity contribution is 8.00. The second kappa shape index (κ2) is 7.35. The summed E-state index contributed by atoms with van der Waals surface area (Å²) in [5.74, 6) is 1.03. The highest BCUT2D eigenvalue weighted by atomic mass is 32.2. The van der Waals surface area contributed by atoms with Crippen LogP contribution in [0.1, 0.15) is 38.6 Å². The maximum absolute atomic E-state index is 13.3. The van der Waals surface area contributed by atoms with Crippen LogP contribution in [0.25, 0.3) is 10.8 Å². The number of hydrogen-bond donors (Lipinski definition) is 0. The van der Waals surface area contributed by atoms with Crippen molar-refractivity contribution in [2.24, 2.45) is 0 Å². The Balaban J connectivity index is 1.60. The first-order valence-electron chi connectivity index (χ1n) is 9.47. The molecule has 2 aromatic carbocycles. The Morgan fingerprint density at radius 2 is 1.96 bits per heavy atom. The molecule has 3 aromatic rings. The van der Waals surface area contributed by atoms with Crippen molar-refractivity contribution in [3.63, 3.8) is 0 Å². The van der Waals surface area contributed by atoms with Crippen LogP contribution in [0.4, 0.5) is 5.69 Å². The molecule has 1 fully saturated rings. The standard InChI is InChI=1S/C21H24N4OS/c1-4-24(19-11-7-9-16-8-5-6-10-18(16)19)20(26)14(2)27-21-23-22-15(3)25(21)17-12-13-17/h5-11,14,17H,4,12-13H2,1-3H3/t14-/m1/s1. The van der Waals surface area contributed by atoms with E-state index in [9.17, 15) is 4.79 Å². The lowest BCUT2D eigenvalue weighted by molar-refractivity contribution is -0.117. The molecule has 0 N–H and O–H groups in total. The van der Waals surface area contributed by atoms with Gasteiger partial charge in [0.2, 0.25) is 5.91 Å². The van der Waals surface area contributed by atoms with Gasteiger partial charge in [0.15, 0.2) is 5.16 Å². The van der Waals surface area contributed by atoms with E-state index in [1.54, 1.807) is 0 Å². The van der Waals surface area contributed by atoms with Crippen LogP contribution >= 0.6 is 11.8 Å². The Kier molecular flexibility index (Phi) is 4.91. The minimum atomic E-state index is -0.231. The number of carbonyl (C=O) groups excluding carboxylic acids is 1. The van der Waals surface area contributed by atoms with E-state index in [-0.39, 0.29) is 11.2 Å². The Bertz CT molecular complexity index is 974. The quantitative estimate of drug-likeness (QED) is 0.586. The van der Waals surface area contributed by atoms with Crippen molar-refractivity contribution < 1.29 is 4.79 Å². The molecule has 1 amide bonds. The number of aromatic nitrogens is 3. The van der Waals surface area contributed by atoms with Crippen LogP contribution in [0.2, 0.25) is 0 Å². The van der Waals surface area contributed by atoms with Gasteiger partial charge in [-0.3, -0.25) is 4.79 Å². The van der Waals surface area contributed by atoms with Gasteiger partial charge in [-0.2, -0.15) is 0 Å². The number of thioether (sulfide) groups is 1. The monoisotopic (exact) mass is 380 g/mol. The molecule has 5 nitrogen and oxygen atoms in total. The van der Waals surface area contributed by atoms with Gasteiger partial charge in [-0.25, -0.2) is 0 Å². The fourth-order valence-corrected chi connectivity index (χ4v) is 4.53. The van der Waals surface area contributed by atoms with Crippen molar-refractivity contribution in [3.8, 4) is 0 Å². The highest BCUT2D eigenvalue weighted by Gasteiger charge is 2.31. The Morgan fingerprint density at radius 3 is 2.70 bits per heavy atom. The first-order valence-corrected chi connectivity index (χ1v) is 10.4. The van der Waals surface area contributed by atoms with Crippen LogP contribution in [0, 0.1) is 6.92 Å². The van der Waals surface area contributed by atoms with Gasteiger partial charge in [0.05, 0.1) is 10.9 Å². The summed E-state index contributed by atoms with van der Waals surface area (Å²) in [5.41, 5.74) is 0.966. The van der Waals surface area contributed by atoms with Gasteiger partial charge < -0.3 is 9.47 Å². The molecule has 140 valence electrons. The minimum Gasteiger partial charge on any atom is -0.311 e. The summed E-state index contributed by atoms with van der Waals surface area (Å²) >= 11 is 1.51. The van der Waals surface area contributed by atoms with Crippen LogP contribution in [0.5, 0.6) is 0 Å². The lowest BCUT2D eigenvalue weighted by Gasteiger charge is -2.25. The molecule has 27 heavy (non-hydrogen) atoms. The molecule has 1 heterocycles. The molecule has 1 aromatic heterocycles. The van der Waals surface area contributed by atoms with Gasteiger partial charge in [-0.15, -0.1) is 10.2 Å². The molecule has 1 aliphatic carbocycles. The zero-order valence-corrected chi connectivity index (χ0v) is 16.7. The average molecular weight is 381 g/mol. The lowest BCUT2D eigenvalue weighted by atomic mass is 10.1. The normalized spacial score (nSPS) is 15.1. The van der Waals surface area contributed by atoms with E-state index in [0.717, 1.165) is 27.4 Å². The molecule has 0 spiro atoms. The highest BCUT2D eigenvalue weighted by Crippen LogP contribution is 2.39. The van der Waals surface area contributed by atoms with Crippen LogP contribution in [-0.4, -0.2) is 32.5 Å². The van der Waals surface area contributed by atoms with Crippen LogP contribution in [0.15, 0.2) is 47.6 Å². The van der Waals surface area contributed by atoms with Crippen molar-refractivity contribution in [1.29, 1.82) is 0 Å². The SMILES string of the molecule is CCN(C(=O)[C@@H](C)Sc1nnc(C)n1C1CC1)c1cccc2ccccc12. The van der Waals surface area contributed by atoms with Gasteiger partial charge in [0.25, 0.3) is 0 Å². The fraction of sp³-hybridized carbons (Fsp3) is 0.381. The average Bonchev–Trinajstić information content (AvgIpc) is 3.45. The summed E-state index contributed by atoms with van der Waals surface area (Å²) in [6.07, 6.45) is 2.34. The number of anilines is 1. The third-order valence-electron chi connectivity index (χ3n) is 5.02. The number of fused-ring (bicyclic) bond motifs is 1. The number of nitrogens with zero attached hydrogens (tertiary/aromatic N) is 4. The topological polar surface area (TPSA) is 51.0 Å². The molecule has 0 unspecified atom stereocenters. The molecular formula is C21H24N4OS. The van der Waals surface area contributed by atoms with Crippen LogP contribution in [-0.2, 0) is 4.79 Å². The molecule has 0 saturated heterocycles. The molecule has 0 bridgehead atoms. The summed E-state index contributed by atoms with van der Waals surface area (Å²) in [6.45, 7) is 6.60. The third kappa shape index (κ3) is 3.46. The number of rotatable bonds is 6. The molecule has 1 aliphatic rings. The largest absolute Gasteiger partial charge is 0.311 e. The first-order chi connectivity index (χ1) is 13.1. The van der Waals surface area contributed by atoms with Crippen molar-refractivity contribution in [2.75, 3.05) is 11.4 Å². The molecule has 4 rings (SSSR count). The minimum absolute atomic E-state index is 0.0989. The van der Waals surface area contributed by atoms with Crippen LogP contribution < -0.4 is 4.90 Å². The number of aryl methyl sites for hydroxylation is 1. The van der Waals surface area contributed by atoms with E-state index in [1.807, 2.05) is 49.9 Å². The van der Waals surface area contributed by atoms with Crippen molar-refractivity contribution in [2.45, 2.75) is 50.1 Å².